The summed E-state index contributed by atoms with van der Waals surface area (Å²) in [5, 5.41) is 14.8. The molecule has 156 valence electrons. The van der Waals surface area contributed by atoms with Crippen molar-refractivity contribution in [1.29, 1.82) is 0 Å². The van der Waals surface area contributed by atoms with Gasteiger partial charge < -0.3 is 19.9 Å². The number of aromatic nitrogens is 3. The van der Waals surface area contributed by atoms with Crippen molar-refractivity contribution >= 4 is 29.9 Å². The third kappa shape index (κ3) is 9.73. The van der Waals surface area contributed by atoms with Crippen LogP contribution in [0.4, 0.5) is 0 Å². The van der Waals surface area contributed by atoms with Crippen LogP contribution in [0.1, 0.15) is 64.1 Å². The molecule has 1 aliphatic carbocycles. The van der Waals surface area contributed by atoms with E-state index in [0.29, 0.717) is 6.10 Å². The normalized spacial score (nSPS) is 15.4. The molecule has 1 heterocycles. The van der Waals surface area contributed by atoms with Gasteiger partial charge >= 0.3 is 0 Å². The summed E-state index contributed by atoms with van der Waals surface area (Å²) in [5.41, 5.74) is 0. The molecule has 0 saturated heterocycles. The van der Waals surface area contributed by atoms with Gasteiger partial charge in [0, 0.05) is 39.7 Å². The van der Waals surface area contributed by atoms with Crippen LogP contribution in [0, 0.1) is 0 Å². The molecule has 0 amide bonds. The average Bonchev–Trinajstić information content (AvgIpc) is 3.14. The van der Waals surface area contributed by atoms with Crippen LogP contribution in [-0.2, 0) is 17.7 Å². The van der Waals surface area contributed by atoms with E-state index in [1.165, 1.54) is 38.5 Å². The summed E-state index contributed by atoms with van der Waals surface area (Å²) >= 11 is 0. The highest BCUT2D eigenvalue weighted by Gasteiger charge is 2.12. The standard InChI is InChI=1S/C19H36N6O.HI/c1-3-18-24-23-16-25(18)14-13-22-19(20-2)21-12-8-5-9-15-26-17-10-6-4-7-11-17;/h16-17H,3-15H2,1-2H3,(H2,20,21,22);1H. The fraction of sp³-hybridized carbons (Fsp3) is 0.842. The summed E-state index contributed by atoms with van der Waals surface area (Å²) in [6.07, 6.45) is 13.3. The van der Waals surface area contributed by atoms with Crippen molar-refractivity contribution in [3.63, 3.8) is 0 Å². The van der Waals surface area contributed by atoms with Crippen LogP contribution in [0.3, 0.4) is 0 Å². The maximum atomic E-state index is 5.97. The van der Waals surface area contributed by atoms with Crippen LogP contribution in [0.15, 0.2) is 11.3 Å². The van der Waals surface area contributed by atoms with Crippen molar-refractivity contribution in [2.24, 2.45) is 4.99 Å². The molecule has 0 bridgehead atoms. The molecule has 0 radical (unpaired) electrons. The first-order valence-corrected chi connectivity index (χ1v) is 10.3. The summed E-state index contributed by atoms with van der Waals surface area (Å²) in [7, 11) is 1.81. The molecule has 27 heavy (non-hydrogen) atoms. The molecule has 1 saturated carbocycles. The van der Waals surface area contributed by atoms with Crippen LogP contribution in [0.25, 0.3) is 0 Å². The molecule has 1 aromatic rings. The molecule has 0 aliphatic heterocycles. The first-order valence-electron chi connectivity index (χ1n) is 10.3. The minimum absolute atomic E-state index is 0. The van der Waals surface area contributed by atoms with E-state index in [1.54, 1.807) is 6.33 Å². The molecule has 8 heteroatoms. The number of ether oxygens (including phenoxy) is 1. The fourth-order valence-corrected chi connectivity index (χ4v) is 3.35. The van der Waals surface area contributed by atoms with Crippen molar-refractivity contribution in [2.45, 2.75) is 77.4 Å². The topological polar surface area (TPSA) is 76.4 Å². The molecule has 7 nitrogen and oxygen atoms in total. The Labute approximate surface area is 181 Å². The van der Waals surface area contributed by atoms with E-state index in [0.717, 1.165) is 57.3 Å². The molecule has 0 unspecified atom stereocenters. The van der Waals surface area contributed by atoms with Gasteiger partial charge in [-0.3, -0.25) is 4.99 Å². The Morgan fingerprint density at radius 1 is 1.19 bits per heavy atom. The molecule has 0 aromatic carbocycles. The predicted octanol–water partition coefficient (Wildman–Crippen LogP) is 3.14. The van der Waals surface area contributed by atoms with Crippen LogP contribution in [0.5, 0.6) is 0 Å². The Kier molecular flexibility index (Phi) is 13.5. The lowest BCUT2D eigenvalue weighted by molar-refractivity contribution is 0.0264. The maximum Gasteiger partial charge on any atom is 0.191 e. The van der Waals surface area contributed by atoms with Crippen LogP contribution < -0.4 is 10.6 Å². The minimum atomic E-state index is 0. The van der Waals surface area contributed by atoms with Crippen molar-refractivity contribution in [3.8, 4) is 0 Å². The van der Waals surface area contributed by atoms with Crippen molar-refractivity contribution in [1.82, 2.24) is 25.4 Å². The van der Waals surface area contributed by atoms with Crippen molar-refractivity contribution in [3.05, 3.63) is 12.2 Å². The molecule has 2 N–H and O–H groups in total. The van der Waals surface area contributed by atoms with Gasteiger partial charge in [-0.15, -0.1) is 34.2 Å². The number of aliphatic imine (C=N–C) groups is 1. The minimum Gasteiger partial charge on any atom is -0.378 e. The van der Waals surface area contributed by atoms with Gasteiger partial charge in [0.25, 0.3) is 0 Å². The third-order valence-corrected chi connectivity index (χ3v) is 4.90. The summed E-state index contributed by atoms with van der Waals surface area (Å²) in [4.78, 5) is 4.27. The summed E-state index contributed by atoms with van der Waals surface area (Å²) in [6.45, 7) is 5.59. The van der Waals surface area contributed by atoms with Crippen molar-refractivity contribution in [2.75, 3.05) is 26.7 Å². The summed E-state index contributed by atoms with van der Waals surface area (Å²) in [5.74, 6) is 1.87. The van der Waals surface area contributed by atoms with Gasteiger partial charge in [0.1, 0.15) is 12.2 Å². The Morgan fingerprint density at radius 3 is 2.70 bits per heavy atom. The largest absolute Gasteiger partial charge is 0.378 e. The van der Waals surface area contributed by atoms with E-state index in [4.69, 9.17) is 4.74 Å². The van der Waals surface area contributed by atoms with Gasteiger partial charge in [-0.1, -0.05) is 26.2 Å². The van der Waals surface area contributed by atoms with E-state index < -0.39 is 0 Å². The zero-order valence-electron chi connectivity index (χ0n) is 17.0. The number of halogens is 1. The molecule has 0 atom stereocenters. The number of hydrogen-bond acceptors (Lipinski definition) is 4. The predicted molar refractivity (Wildman–Crippen MR) is 121 cm³/mol. The smallest absolute Gasteiger partial charge is 0.191 e. The monoisotopic (exact) mass is 492 g/mol. The van der Waals surface area contributed by atoms with E-state index in [2.05, 4.69) is 37.3 Å². The van der Waals surface area contributed by atoms with Gasteiger partial charge in [0.15, 0.2) is 5.96 Å². The highest BCUT2D eigenvalue weighted by Crippen LogP contribution is 2.20. The number of rotatable bonds is 11. The molecular weight excluding hydrogens is 455 g/mol. The second-order valence-corrected chi connectivity index (χ2v) is 6.91. The first kappa shape index (κ1) is 24.1. The zero-order valence-corrected chi connectivity index (χ0v) is 19.3. The van der Waals surface area contributed by atoms with Crippen LogP contribution in [0.2, 0.25) is 0 Å². The number of unbranched alkanes of at least 4 members (excludes halogenated alkanes) is 2. The van der Waals surface area contributed by atoms with Gasteiger partial charge in [0.05, 0.1) is 6.10 Å². The molecule has 1 aliphatic rings. The second kappa shape index (κ2) is 15.1. The Balaban J connectivity index is 0.00000364. The maximum absolute atomic E-state index is 5.97. The number of aryl methyl sites for hydroxylation is 1. The fourth-order valence-electron chi connectivity index (χ4n) is 3.35. The lowest BCUT2D eigenvalue weighted by Crippen LogP contribution is -2.39. The Bertz CT molecular complexity index is 516. The highest BCUT2D eigenvalue weighted by molar-refractivity contribution is 14.0. The van der Waals surface area contributed by atoms with Gasteiger partial charge in [-0.25, -0.2) is 0 Å². The molecule has 2 rings (SSSR count). The van der Waals surface area contributed by atoms with Crippen LogP contribution >= 0.6 is 24.0 Å². The molecule has 1 fully saturated rings. The highest BCUT2D eigenvalue weighted by atomic mass is 127. The van der Waals surface area contributed by atoms with E-state index in [-0.39, 0.29) is 24.0 Å². The van der Waals surface area contributed by atoms with E-state index in [1.807, 2.05) is 7.05 Å². The first-order chi connectivity index (χ1) is 12.8. The molecule has 1 aromatic heterocycles. The van der Waals surface area contributed by atoms with Crippen molar-refractivity contribution < 1.29 is 4.74 Å². The number of guanidine groups is 1. The molecule has 0 spiro atoms. The zero-order chi connectivity index (χ0) is 18.5. The Morgan fingerprint density at radius 2 is 1.96 bits per heavy atom. The Hall–Kier alpha value is -0.900. The molecular formula is C19H37IN6O. The van der Waals surface area contributed by atoms with Gasteiger partial charge in [-0.2, -0.15) is 0 Å². The number of nitrogens with zero attached hydrogens (tertiary/aromatic N) is 4. The lowest BCUT2D eigenvalue weighted by Gasteiger charge is -2.21. The third-order valence-electron chi connectivity index (χ3n) is 4.90. The summed E-state index contributed by atoms with van der Waals surface area (Å²) < 4.78 is 8.05. The second-order valence-electron chi connectivity index (χ2n) is 6.91. The van der Waals surface area contributed by atoms with E-state index >= 15 is 0 Å². The lowest BCUT2D eigenvalue weighted by atomic mass is 9.98. The van der Waals surface area contributed by atoms with E-state index in [9.17, 15) is 0 Å². The quantitative estimate of drug-likeness (QED) is 0.215. The van der Waals surface area contributed by atoms with Gasteiger partial charge in [0.2, 0.25) is 0 Å². The number of nitrogens with one attached hydrogen (secondary N) is 2. The van der Waals surface area contributed by atoms with Gasteiger partial charge in [-0.05, 0) is 32.1 Å². The average molecular weight is 492 g/mol. The SMILES string of the molecule is CCc1nncn1CCNC(=NC)NCCCCCOC1CCCCC1.I. The number of hydrogen-bond donors (Lipinski definition) is 2. The van der Waals surface area contributed by atoms with Crippen LogP contribution in [-0.4, -0.2) is 53.6 Å². The summed E-state index contributed by atoms with van der Waals surface area (Å²) in [6, 6.07) is 0.